The van der Waals surface area contributed by atoms with Crippen molar-refractivity contribution in [3.05, 3.63) is 29.6 Å². The fraction of sp³-hybridized carbons (Fsp3) is 0.611. The van der Waals surface area contributed by atoms with Crippen molar-refractivity contribution < 1.29 is 14.3 Å². The molecule has 0 radical (unpaired) electrons. The van der Waals surface area contributed by atoms with Crippen molar-refractivity contribution in [2.24, 2.45) is 0 Å². The number of nitrogens with zero attached hydrogens (tertiary/aromatic N) is 2. The van der Waals surface area contributed by atoms with Gasteiger partial charge in [-0.2, -0.15) is 0 Å². The number of imide groups is 1. The molecule has 0 aliphatic heterocycles. The third-order valence-corrected chi connectivity index (χ3v) is 4.38. The normalized spacial score (nSPS) is 15.1. The molecule has 1 aromatic heterocycles. The molecule has 0 atom stereocenters. The van der Waals surface area contributed by atoms with Crippen molar-refractivity contribution in [1.82, 2.24) is 15.2 Å². The highest BCUT2D eigenvalue weighted by atomic mass is 16.5. The molecule has 1 N–H and O–H groups in total. The Morgan fingerprint density at radius 2 is 2.00 bits per heavy atom. The molecule has 3 amide bonds. The van der Waals surface area contributed by atoms with Crippen molar-refractivity contribution >= 4 is 11.9 Å². The zero-order chi connectivity index (χ0) is 17.4. The molecule has 6 heteroatoms. The van der Waals surface area contributed by atoms with E-state index in [2.05, 4.69) is 10.3 Å². The topological polar surface area (TPSA) is 71.5 Å². The summed E-state index contributed by atoms with van der Waals surface area (Å²) in [7, 11) is 0. The SMILES string of the molecule is CCOCc1ccc(C(=O)NC(=O)N(CC)C2CCCCC2)cn1. The number of carbonyl (C=O) groups is 2. The molecule has 6 nitrogen and oxygen atoms in total. The summed E-state index contributed by atoms with van der Waals surface area (Å²) >= 11 is 0. The van der Waals surface area contributed by atoms with Gasteiger partial charge in [0.05, 0.1) is 17.9 Å². The van der Waals surface area contributed by atoms with E-state index in [-0.39, 0.29) is 12.1 Å². The summed E-state index contributed by atoms with van der Waals surface area (Å²) in [5, 5.41) is 2.48. The number of pyridine rings is 1. The maximum absolute atomic E-state index is 12.4. The molecule has 0 unspecified atom stereocenters. The minimum absolute atomic E-state index is 0.239. The van der Waals surface area contributed by atoms with Gasteiger partial charge in [-0.1, -0.05) is 19.3 Å². The first-order valence-corrected chi connectivity index (χ1v) is 8.80. The number of nitrogens with one attached hydrogen (secondary N) is 1. The quantitative estimate of drug-likeness (QED) is 0.868. The molecule has 2 rings (SSSR count). The van der Waals surface area contributed by atoms with Gasteiger partial charge < -0.3 is 9.64 Å². The van der Waals surface area contributed by atoms with Gasteiger partial charge in [-0.3, -0.25) is 15.1 Å². The van der Waals surface area contributed by atoms with Crippen molar-refractivity contribution in [2.75, 3.05) is 13.2 Å². The predicted octanol–water partition coefficient (Wildman–Crippen LogP) is 3.12. The number of rotatable bonds is 6. The number of urea groups is 1. The second-order valence-electron chi connectivity index (χ2n) is 6.01. The molecule has 0 saturated heterocycles. The zero-order valence-electron chi connectivity index (χ0n) is 14.6. The van der Waals surface area contributed by atoms with Crippen LogP contribution in [-0.4, -0.2) is 41.0 Å². The molecule has 24 heavy (non-hydrogen) atoms. The lowest BCUT2D eigenvalue weighted by atomic mass is 9.94. The molecular weight excluding hydrogens is 306 g/mol. The summed E-state index contributed by atoms with van der Waals surface area (Å²) in [4.78, 5) is 30.6. The van der Waals surface area contributed by atoms with Crippen LogP contribution in [0, 0.1) is 0 Å². The summed E-state index contributed by atoms with van der Waals surface area (Å²) in [6.45, 7) is 5.51. The van der Waals surface area contributed by atoms with Crippen LogP contribution in [0.25, 0.3) is 0 Å². The predicted molar refractivity (Wildman–Crippen MR) is 91.7 cm³/mol. The molecule has 1 fully saturated rings. The van der Waals surface area contributed by atoms with Gasteiger partial charge in [0.15, 0.2) is 0 Å². The first-order valence-electron chi connectivity index (χ1n) is 8.80. The van der Waals surface area contributed by atoms with Gasteiger partial charge >= 0.3 is 6.03 Å². The minimum Gasteiger partial charge on any atom is -0.375 e. The number of hydrogen-bond donors (Lipinski definition) is 1. The summed E-state index contributed by atoms with van der Waals surface area (Å²) in [6.07, 6.45) is 7.04. The van der Waals surface area contributed by atoms with Crippen LogP contribution >= 0.6 is 0 Å². The lowest BCUT2D eigenvalue weighted by Gasteiger charge is -2.33. The number of aromatic nitrogens is 1. The van der Waals surface area contributed by atoms with E-state index in [0.29, 0.717) is 25.3 Å². The maximum Gasteiger partial charge on any atom is 0.324 e. The Labute approximate surface area is 143 Å². The van der Waals surface area contributed by atoms with E-state index in [0.717, 1.165) is 31.4 Å². The highest BCUT2D eigenvalue weighted by Crippen LogP contribution is 2.22. The first kappa shape index (κ1) is 18.4. The van der Waals surface area contributed by atoms with Gasteiger partial charge in [0.1, 0.15) is 0 Å². The summed E-state index contributed by atoms with van der Waals surface area (Å²) in [5.74, 6) is -0.412. The fourth-order valence-corrected chi connectivity index (χ4v) is 3.05. The van der Waals surface area contributed by atoms with E-state index in [1.54, 1.807) is 17.0 Å². The number of amides is 3. The Balaban J connectivity index is 1.93. The Morgan fingerprint density at radius 1 is 1.25 bits per heavy atom. The van der Waals surface area contributed by atoms with Gasteiger partial charge in [0, 0.05) is 25.4 Å². The Kier molecular flexibility index (Phi) is 7.18. The van der Waals surface area contributed by atoms with Crippen molar-refractivity contribution in [1.29, 1.82) is 0 Å². The molecule has 1 aromatic rings. The summed E-state index contributed by atoms with van der Waals surface area (Å²) < 4.78 is 5.27. The van der Waals surface area contributed by atoms with Crippen molar-refractivity contribution in [2.45, 2.75) is 58.6 Å². The van der Waals surface area contributed by atoms with Gasteiger partial charge in [0.25, 0.3) is 5.91 Å². The molecule has 132 valence electrons. The second kappa shape index (κ2) is 9.37. The second-order valence-corrected chi connectivity index (χ2v) is 6.01. The van der Waals surface area contributed by atoms with E-state index in [1.807, 2.05) is 13.8 Å². The Bertz CT molecular complexity index is 539. The average molecular weight is 333 g/mol. The van der Waals surface area contributed by atoms with Crippen molar-refractivity contribution in [3.8, 4) is 0 Å². The van der Waals surface area contributed by atoms with Crippen LogP contribution in [0.4, 0.5) is 4.79 Å². The number of hydrogen-bond acceptors (Lipinski definition) is 4. The average Bonchev–Trinajstić information content (AvgIpc) is 2.62. The van der Waals surface area contributed by atoms with Gasteiger partial charge in [-0.25, -0.2) is 4.79 Å². The van der Waals surface area contributed by atoms with E-state index in [4.69, 9.17) is 4.74 Å². The monoisotopic (exact) mass is 333 g/mol. The standard InChI is InChI=1S/C18H27N3O3/c1-3-21(16-8-6-5-7-9-16)18(23)20-17(22)14-10-11-15(19-12-14)13-24-4-2/h10-12,16H,3-9,13H2,1-2H3,(H,20,22,23). The molecule has 1 heterocycles. The molecular formula is C18H27N3O3. The highest BCUT2D eigenvalue weighted by molar-refractivity contribution is 6.04. The zero-order valence-corrected chi connectivity index (χ0v) is 14.6. The van der Waals surface area contributed by atoms with E-state index < -0.39 is 5.91 Å². The number of carbonyl (C=O) groups excluding carboxylic acids is 2. The molecule has 1 aliphatic carbocycles. The van der Waals surface area contributed by atoms with Crippen LogP contribution < -0.4 is 5.32 Å². The molecule has 0 spiro atoms. The smallest absolute Gasteiger partial charge is 0.324 e. The largest absolute Gasteiger partial charge is 0.375 e. The van der Waals surface area contributed by atoms with Crippen molar-refractivity contribution in [3.63, 3.8) is 0 Å². The van der Waals surface area contributed by atoms with E-state index in [9.17, 15) is 9.59 Å². The molecule has 0 aromatic carbocycles. The van der Waals surface area contributed by atoms with E-state index in [1.165, 1.54) is 12.6 Å². The van der Waals surface area contributed by atoms with Crippen LogP contribution in [-0.2, 0) is 11.3 Å². The molecule has 0 bridgehead atoms. The van der Waals surface area contributed by atoms with Gasteiger partial charge in [-0.05, 0) is 38.8 Å². The highest BCUT2D eigenvalue weighted by Gasteiger charge is 2.25. The first-order chi connectivity index (χ1) is 11.7. The number of ether oxygens (including phenoxy) is 1. The Hall–Kier alpha value is -1.95. The van der Waals surface area contributed by atoms with E-state index >= 15 is 0 Å². The van der Waals surface area contributed by atoms with Gasteiger partial charge in [0.2, 0.25) is 0 Å². The van der Waals surface area contributed by atoms with Gasteiger partial charge in [-0.15, -0.1) is 0 Å². The van der Waals surface area contributed by atoms with Crippen LogP contribution in [0.2, 0.25) is 0 Å². The maximum atomic E-state index is 12.4. The third kappa shape index (κ3) is 5.03. The summed E-state index contributed by atoms with van der Waals surface area (Å²) in [5.41, 5.74) is 1.14. The van der Waals surface area contributed by atoms with Crippen LogP contribution in [0.3, 0.4) is 0 Å². The minimum atomic E-state index is -0.412. The van der Waals surface area contributed by atoms with Crippen LogP contribution in [0.15, 0.2) is 18.3 Å². The molecule has 1 saturated carbocycles. The fourth-order valence-electron chi connectivity index (χ4n) is 3.05. The third-order valence-electron chi connectivity index (χ3n) is 4.38. The molecule has 1 aliphatic rings. The lowest BCUT2D eigenvalue weighted by Crippen LogP contribution is -2.48. The Morgan fingerprint density at radius 3 is 2.58 bits per heavy atom. The lowest BCUT2D eigenvalue weighted by molar-refractivity contribution is 0.0939. The summed E-state index contributed by atoms with van der Waals surface area (Å²) in [6, 6.07) is 3.34. The van der Waals surface area contributed by atoms with Crippen LogP contribution in [0.5, 0.6) is 0 Å². The van der Waals surface area contributed by atoms with Crippen LogP contribution in [0.1, 0.15) is 62.0 Å².